The molecule has 0 spiro atoms. The number of likely N-dealkylation sites (N-methyl/N-ethyl adjacent to an activating group) is 4. The summed E-state index contributed by atoms with van der Waals surface area (Å²) >= 11 is 0. The van der Waals surface area contributed by atoms with Gasteiger partial charge in [-0.15, -0.1) is 0 Å². The lowest BCUT2D eigenvalue weighted by atomic mass is 9.95. The van der Waals surface area contributed by atoms with Crippen molar-refractivity contribution >= 4 is 47.8 Å². The molecular formula is C22H22N4O6. The lowest BCUT2D eigenvalue weighted by Crippen LogP contribution is -2.53. The zero-order valence-corrected chi connectivity index (χ0v) is 18.5. The number of amides is 8. The van der Waals surface area contributed by atoms with Gasteiger partial charge in [0.15, 0.2) is 0 Å². The van der Waals surface area contributed by atoms with Crippen molar-refractivity contribution in [1.82, 2.24) is 19.6 Å². The van der Waals surface area contributed by atoms with Crippen LogP contribution in [0.3, 0.4) is 0 Å². The Balaban J connectivity index is 2.04. The fourth-order valence-electron chi connectivity index (χ4n) is 3.43. The second-order valence-corrected chi connectivity index (χ2v) is 7.70. The molecule has 10 nitrogen and oxygen atoms in total. The Kier molecular flexibility index (Phi) is 5.56. The highest BCUT2D eigenvalue weighted by Gasteiger charge is 2.39. The third-order valence-corrected chi connectivity index (χ3v) is 5.54. The number of carbonyl (C=O) groups is 6. The van der Waals surface area contributed by atoms with Crippen LogP contribution in [0.25, 0.3) is 12.2 Å². The number of aryl methyl sites for hydroxylation is 2. The largest absolute Gasteiger partial charge is 0.333 e. The van der Waals surface area contributed by atoms with Gasteiger partial charge in [0.05, 0.1) is 0 Å². The van der Waals surface area contributed by atoms with Crippen LogP contribution in [0.2, 0.25) is 0 Å². The fraction of sp³-hybridized carbons (Fsp3) is 0.273. The predicted molar refractivity (Wildman–Crippen MR) is 114 cm³/mol. The molecule has 2 fully saturated rings. The summed E-state index contributed by atoms with van der Waals surface area (Å²) in [5.41, 5.74) is 2.19. The number of barbiturate groups is 2. The maximum atomic E-state index is 12.5. The van der Waals surface area contributed by atoms with E-state index in [2.05, 4.69) is 0 Å². The number of hydrogen-bond donors (Lipinski definition) is 0. The standard InChI is InChI=1S/C22H22N4O6/c1-11-7-14(10-16-19(29)25(5)22(32)26(6)20(16)30)12(2)8-13(11)9-15-17(27)23(3)21(31)24(4)18(15)28/h7-10H,1-6H3. The molecule has 0 radical (unpaired) electrons. The third-order valence-electron chi connectivity index (χ3n) is 5.54. The average Bonchev–Trinajstić information content (AvgIpc) is 2.76. The number of imide groups is 4. The predicted octanol–water partition coefficient (Wildman–Crippen LogP) is 1.17. The number of carbonyl (C=O) groups excluding carboxylic acids is 6. The lowest BCUT2D eigenvalue weighted by molar-refractivity contribution is -0.135. The quantitative estimate of drug-likeness (QED) is 0.506. The molecule has 0 atom stereocenters. The summed E-state index contributed by atoms with van der Waals surface area (Å²) in [6.07, 6.45) is 2.83. The molecule has 1 aromatic carbocycles. The molecule has 0 N–H and O–H groups in total. The summed E-state index contributed by atoms with van der Waals surface area (Å²) in [6, 6.07) is 2.01. The molecule has 166 valence electrons. The summed E-state index contributed by atoms with van der Waals surface area (Å²) in [5.74, 6) is -2.79. The number of hydrogen-bond acceptors (Lipinski definition) is 6. The Morgan fingerprint density at radius 3 is 1.03 bits per heavy atom. The molecule has 3 rings (SSSR count). The van der Waals surface area contributed by atoms with Crippen LogP contribution >= 0.6 is 0 Å². The van der Waals surface area contributed by atoms with Crippen LogP contribution in [0.5, 0.6) is 0 Å². The van der Waals surface area contributed by atoms with Gasteiger partial charge in [-0.3, -0.25) is 38.8 Å². The van der Waals surface area contributed by atoms with Crippen LogP contribution in [-0.2, 0) is 19.2 Å². The van der Waals surface area contributed by atoms with E-state index in [9.17, 15) is 28.8 Å². The Hall–Kier alpha value is -4.08. The van der Waals surface area contributed by atoms with E-state index in [1.54, 1.807) is 26.0 Å². The second kappa shape index (κ2) is 7.88. The van der Waals surface area contributed by atoms with Gasteiger partial charge in [0.2, 0.25) is 0 Å². The van der Waals surface area contributed by atoms with E-state index in [1.807, 2.05) is 0 Å². The fourth-order valence-corrected chi connectivity index (χ4v) is 3.43. The first-order valence-corrected chi connectivity index (χ1v) is 9.61. The van der Waals surface area contributed by atoms with Crippen molar-refractivity contribution in [3.63, 3.8) is 0 Å². The van der Waals surface area contributed by atoms with Crippen LogP contribution < -0.4 is 0 Å². The van der Waals surface area contributed by atoms with Crippen molar-refractivity contribution in [1.29, 1.82) is 0 Å². The minimum atomic E-state index is -0.706. The molecule has 0 aliphatic carbocycles. The molecule has 0 bridgehead atoms. The highest BCUT2D eigenvalue weighted by molar-refractivity contribution is 6.31. The molecular weight excluding hydrogens is 416 g/mol. The number of rotatable bonds is 2. The number of nitrogens with zero attached hydrogens (tertiary/aromatic N) is 4. The van der Waals surface area contributed by atoms with Gasteiger partial charge in [0.25, 0.3) is 23.6 Å². The molecule has 0 saturated carbocycles. The Bertz CT molecular complexity index is 1040. The van der Waals surface area contributed by atoms with Crippen LogP contribution in [-0.4, -0.2) is 83.5 Å². The monoisotopic (exact) mass is 438 g/mol. The third kappa shape index (κ3) is 3.49. The molecule has 0 unspecified atom stereocenters. The van der Waals surface area contributed by atoms with Crippen molar-refractivity contribution in [3.05, 3.63) is 45.5 Å². The average molecular weight is 438 g/mol. The van der Waals surface area contributed by atoms with Gasteiger partial charge in [-0.25, -0.2) is 9.59 Å². The summed E-state index contributed by atoms with van der Waals surface area (Å²) in [6.45, 7) is 3.49. The van der Waals surface area contributed by atoms with Crippen molar-refractivity contribution in [2.45, 2.75) is 13.8 Å². The molecule has 2 aliphatic rings. The molecule has 8 amide bonds. The lowest BCUT2D eigenvalue weighted by Gasteiger charge is -2.29. The first-order chi connectivity index (χ1) is 14.9. The highest BCUT2D eigenvalue weighted by Crippen LogP contribution is 2.25. The molecule has 2 aliphatic heterocycles. The van der Waals surface area contributed by atoms with Gasteiger partial charge in [0, 0.05) is 28.2 Å². The Morgan fingerprint density at radius 2 is 0.781 bits per heavy atom. The van der Waals surface area contributed by atoms with Crippen LogP contribution in [0.1, 0.15) is 22.3 Å². The van der Waals surface area contributed by atoms with E-state index >= 15 is 0 Å². The van der Waals surface area contributed by atoms with E-state index in [4.69, 9.17) is 0 Å². The molecule has 0 aromatic heterocycles. The number of urea groups is 2. The van der Waals surface area contributed by atoms with E-state index < -0.39 is 35.7 Å². The van der Waals surface area contributed by atoms with Crippen LogP contribution in [0.4, 0.5) is 9.59 Å². The van der Waals surface area contributed by atoms with E-state index in [1.165, 1.54) is 40.3 Å². The molecule has 32 heavy (non-hydrogen) atoms. The van der Waals surface area contributed by atoms with Gasteiger partial charge in [0.1, 0.15) is 11.1 Å². The van der Waals surface area contributed by atoms with Gasteiger partial charge in [-0.05, 0) is 48.3 Å². The van der Waals surface area contributed by atoms with Gasteiger partial charge in [-0.2, -0.15) is 0 Å². The second-order valence-electron chi connectivity index (χ2n) is 7.70. The minimum Gasteiger partial charge on any atom is -0.268 e. The Labute approximate surface area is 184 Å². The van der Waals surface area contributed by atoms with Crippen LogP contribution in [0, 0.1) is 13.8 Å². The zero-order valence-electron chi connectivity index (χ0n) is 18.5. The maximum absolute atomic E-state index is 12.5. The Morgan fingerprint density at radius 1 is 0.531 bits per heavy atom. The van der Waals surface area contributed by atoms with Crippen molar-refractivity contribution in [3.8, 4) is 0 Å². The molecule has 2 saturated heterocycles. The van der Waals surface area contributed by atoms with E-state index in [0.29, 0.717) is 22.3 Å². The van der Waals surface area contributed by atoms with Gasteiger partial charge >= 0.3 is 12.1 Å². The van der Waals surface area contributed by atoms with E-state index in [-0.39, 0.29) is 11.1 Å². The summed E-state index contributed by atoms with van der Waals surface area (Å²) in [4.78, 5) is 77.1. The molecule has 1 aromatic rings. The smallest absolute Gasteiger partial charge is 0.268 e. The first-order valence-electron chi connectivity index (χ1n) is 9.61. The minimum absolute atomic E-state index is 0.150. The van der Waals surface area contributed by atoms with Crippen molar-refractivity contribution < 1.29 is 28.8 Å². The summed E-state index contributed by atoms with van der Waals surface area (Å²) < 4.78 is 0. The SMILES string of the molecule is Cc1cc(C=C2C(=O)N(C)C(=O)N(C)C2=O)c(C)cc1C=C1C(=O)N(C)C(=O)N(C)C1=O. The van der Waals surface area contributed by atoms with E-state index in [0.717, 1.165) is 19.6 Å². The molecule has 10 heteroatoms. The molecule has 2 heterocycles. The highest BCUT2D eigenvalue weighted by atomic mass is 16.2. The topological polar surface area (TPSA) is 115 Å². The summed E-state index contributed by atoms with van der Waals surface area (Å²) in [7, 11) is 5.19. The van der Waals surface area contributed by atoms with Crippen molar-refractivity contribution in [2.24, 2.45) is 0 Å². The van der Waals surface area contributed by atoms with Crippen LogP contribution in [0.15, 0.2) is 23.3 Å². The van der Waals surface area contributed by atoms with Crippen molar-refractivity contribution in [2.75, 3.05) is 28.2 Å². The zero-order chi connectivity index (χ0) is 24.1. The normalized spacial score (nSPS) is 17.7. The summed E-state index contributed by atoms with van der Waals surface area (Å²) in [5, 5.41) is 0. The van der Waals surface area contributed by atoms with Gasteiger partial charge < -0.3 is 0 Å². The maximum Gasteiger partial charge on any atom is 0.333 e. The van der Waals surface area contributed by atoms with Gasteiger partial charge in [-0.1, -0.05) is 12.1 Å². The number of benzene rings is 1. The first kappa shape index (κ1) is 22.6.